The Bertz CT molecular complexity index is 1290. The van der Waals surface area contributed by atoms with Gasteiger partial charge in [-0.15, -0.1) is 4.33 Å². The molecule has 0 fully saturated rings. The first kappa shape index (κ1) is 25.2. The van der Waals surface area contributed by atoms with Crippen molar-refractivity contribution in [2.75, 3.05) is 14.1 Å². The number of rotatable bonds is 5. The topological polar surface area (TPSA) is 200 Å². The minimum Gasteiger partial charge on any atom is -0.510 e. The molecule has 12 nitrogen and oxygen atoms in total. The van der Waals surface area contributed by atoms with Crippen LogP contribution < -0.4 is 5.73 Å². The van der Waals surface area contributed by atoms with E-state index in [1.54, 1.807) is 0 Å². The summed E-state index contributed by atoms with van der Waals surface area (Å²) in [5.74, 6) is -7.20. The van der Waals surface area contributed by atoms with Gasteiger partial charge in [0, 0.05) is 11.5 Å². The maximum Gasteiger partial charge on any atom is 0.255 e. The Morgan fingerprint density at radius 1 is 1.29 bits per heavy atom. The average molecular weight is 527 g/mol. The molecular weight excluding hydrogens is 508 g/mol. The molecule has 0 saturated heterocycles. The van der Waals surface area contributed by atoms with Gasteiger partial charge in [0.1, 0.15) is 22.8 Å². The van der Waals surface area contributed by atoms with Gasteiger partial charge in [-0.05, 0) is 38.2 Å². The molecule has 3 aliphatic carbocycles. The van der Waals surface area contributed by atoms with Crippen molar-refractivity contribution in [1.29, 1.82) is 0 Å². The number of halogens is 1. The van der Waals surface area contributed by atoms with Crippen LogP contribution in [0.15, 0.2) is 39.2 Å². The molecule has 0 bridgehead atoms. The fourth-order valence-electron chi connectivity index (χ4n) is 4.91. The van der Waals surface area contributed by atoms with Crippen LogP contribution in [0.3, 0.4) is 0 Å². The molecule has 0 saturated carbocycles. The van der Waals surface area contributed by atoms with Gasteiger partial charge in [-0.1, -0.05) is 16.6 Å². The molecule has 0 unspecified atom stereocenters. The summed E-state index contributed by atoms with van der Waals surface area (Å²) in [7, 11) is 3.04. The summed E-state index contributed by atoms with van der Waals surface area (Å²) >= 11 is 6.64. The lowest BCUT2D eigenvalue weighted by molar-refractivity contribution is -0.432. The van der Waals surface area contributed by atoms with E-state index in [9.17, 15) is 34.8 Å². The predicted octanol–water partition coefficient (Wildman–Crippen LogP) is 1.43. The van der Waals surface area contributed by atoms with E-state index in [4.69, 9.17) is 22.6 Å². The van der Waals surface area contributed by atoms with Crippen molar-refractivity contribution in [2.45, 2.75) is 23.0 Å². The third-order valence-corrected chi connectivity index (χ3v) is 7.30. The monoisotopic (exact) mass is 526 g/mol. The number of phenolic OH excluding ortho intramolecular Hbond substituents is 1. The van der Waals surface area contributed by atoms with Crippen LogP contribution >= 0.6 is 23.6 Å². The molecule has 3 atom stereocenters. The molecule has 1 aromatic carbocycles. The average Bonchev–Trinajstić information content (AvgIpc) is 2.77. The number of hydrogen-bond acceptors (Lipinski definition) is 12. The zero-order valence-electron chi connectivity index (χ0n) is 18.1. The van der Waals surface area contributed by atoms with Crippen molar-refractivity contribution in [3.05, 3.63) is 50.5 Å². The molecular formula is C21H19ClN2O10S. The Balaban J connectivity index is 1.98. The van der Waals surface area contributed by atoms with Crippen molar-refractivity contribution >= 4 is 47.2 Å². The number of Topliss-reactive ketones (excluding diaryl/α,β-unsaturated/α-hetero) is 2. The number of aromatic hydroxyl groups is 1. The number of aliphatic hydroxyl groups is 3. The number of benzene rings is 1. The molecule has 1 aromatic rings. The van der Waals surface area contributed by atoms with E-state index in [1.165, 1.54) is 31.1 Å². The van der Waals surface area contributed by atoms with Crippen LogP contribution in [-0.2, 0) is 19.0 Å². The highest BCUT2D eigenvalue weighted by atomic mass is 35.5. The standard InChI is InChI=1S/C21H19ClN2O10S/c1-24(2)14-8-4-6-3-7-9(22)5-10(35-34-33-32)15(25)12(7)16(26)11(6)18(28)21(8,31)19(29)13(17(14)27)20(23)30/h3,5,8,14,25,27-28,31-32H,4H2,1-2H3,(H2,23,30)/t8-,14-,21-/m0/s1. The highest BCUT2D eigenvalue weighted by Gasteiger charge is 2.62. The summed E-state index contributed by atoms with van der Waals surface area (Å²) in [6, 6.07) is 0.123. The Morgan fingerprint density at radius 2 is 1.94 bits per heavy atom. The number of ketones is 2. The molecule has 7 N–H and O–H groups in total. The number of primary amides is 1. The van der Waals surface area contributed by atoms with Crippen LogP contribution in [0.4, 0.5) is 0 Å². The molecule has 35 heavy (non-hydrogen) atoms. The van der Waals surface area contributed by atoms with Crippen LogP contribution in [0, 0.1) is 5.92 Å². The van der Waals surface area contributed by atoms with E-state index in [0.29, 0.717) is 12.0 Å². The Morgan fingerprint density at radius 3 is 2.51 bits per heavy atom. The number of aliphatic hydroxyl groups excluding tert-OH is 2. The molecule has 186 valence electrons. The summed E-state index contributed by atoms with van der Waals surface area (Å²) < 4.78 is 4.29. The predicted molar refractivity (Wildman–Crippen MR) is 120 cm³/mol. The Hall–Kier alpha value is -2.91. The third kappa shape index (κ3) is 3.47. The van der Waals surface area contributed by atoms with Crippen molar-refractivity contribution in [2.24, 2.45) is 11.7 Å². The van der Waals surface area contributed by atoms with E-state index in [2.05, 4.69) is 9.37 Å². The maximum absolute atomic E-state index is 13.5. The minimum absolute atomic E-state index is 0.00435. The van der Waals surface area contributed by atoms with E-state index in [-0.39, 0.29) is 33.0 Å². The van der Waals surface area contributed by atoms with Crippen molar-refractivity contribution in [1.82, 2.24) is 4.90 Å². The smallest absolute Gasteiger partial charge is 0.255 e. The quantitative estimate of drug-likeness (QED) is 0.140. The number of amides is 1. The molecule has 0 radical (unpaired) electrons. The van der Waals surface area contributed by atoms with E-state index in [0.717, 1.165) is 0 Å². The van der Waals surface area contributed by atoms with Gasteiger partial charge >= 0.3 is 0 Å². The van der Waals surface area contributed by atoms with Gasteiger partial charge in [-0.2, -0.15) is 0 Å². The number of likely N-dealkylation sites (N-methyl/N-ethyl adjacent to an activating group) is 1. The number of allylic oxidation sites excluding steroid dienone is 2. The fourth-order valence-corrected chi connectivity index (χ4v) is 5.68. The lowest BCUT2D eigenvalue weighted by Crippen LogP contribution is -2.62. The van der Waals surface area contributed by atoms with Crippen molar-refractivity contribution in [3.8, 4) is 5.75 Å². The number of carbonyl (C=O) groups excluding carboxylic acids is 3. The van der Waals surface area contributed by atoms with Gasteiger partial charge in [-0.3, -0.25) is 19.3 Å². The zero-order chi connectivity index (χ0) is 26.0. The van der Waals surface area contributed by atoms with Crippen LogP contribution in [0.5, 0.6) is 5.75 Å². The summed E-state index contributed by atoms with van der Waals surface area (Å²) in [5, 5.41) is 55.9. The lowest BCUT2D eigenvalue weighted by Gasteiger charge is -2.48. The second-order valence-electron chi connectivity index (χ2n) is 8.38. The lowest BCUT2D eigenvalue weighted by atomic mass is 9.61. The second kappa shape index (κ2) is 8.64. The minimum atomic E-state index is -2.77. The molecule has 1 amide bonds. The molecule has 14 heteroatoms. The third-order valence-electron chi connectivity index (χ3n) is 6.37. The largest absolute Gasteiger partial charge is 0.510 e. The molecule has 0 aliphatic heterocycles. The zero-order valence-corrected chi connectivity index (χ0v) is 19.7. The Kier molecular flexibility index (Phi) is 6.22. The second-order valence-corrected chi connectivity index (χ2v) is 9.53. The SMILES string of the molecule is CN(C)[C@@H]1C(O)=C(C(N)=O)C(=O)[C@@]2(O)C(O)=C3C(=O)c4c(O)c(SOOO)cc(Cl)c4C=C3C[C@@H]12. The molecule has 4 rings (SSSR count). The van der Waals surface area contributed by atoms with Crippen molar-refractivity contribution in [3.63, 3.8) is 0 Å². The van der Waals surface area contributed by atoms with Gasteiger partial charge in [0.05, 0.1) is 39.1 Å². The molecule has 0 aromatic heterocycles. The van der Waals surface area contributed by atoms with Crippen LogP contribution in [-0.4, -0.2) is 73.8 Å². The van der Waals surface area contributed by atoms with E-state index in [1.807, 2.05) is 0 Å². The summed E-state index contributed by atoms with van der Waals surface area (Å²) in [4.78, 5) is 40.0. The van der Waals surface area contributed by atoms with Gasteiger partial charge < -0.3 is 26.2 Å². The summed E-state index contributed by atoms with van der Waals surface area (Å²) in [6.45, 7) is 0. The van der Waals surface area contributed by atoms with Gasteiger partial charge in [0.25, 0.3) is 5.91 Å². The highest BCUT2D eigenvalue weighted by molar-refractivity contribution is 7.94. The first-order valence-corrected chi connectivity index (χ1v) is 11.1. The van der Waals surface area contributed by atoms with Crippen LogP contribution in [0.2, 0.25) is 5.02 Å². The first-order chi connectivity index (χ1) is 16.4. The van der Waals surface area contributed by atoms with Gasteiger partial charge in [0.15, 0.2) is 5.60 Å². The summed E-state index contributed by atoms with van der Waals surface area (Å²) in [5.41, 5.74) is 1.06. The molecule has 0 heterocycles. The van der Waals surface area contributed by atoms with Crippen LogP contribution in [0.1, 0.15) is 22.3 Å². The van der Waals surface area contributed by atoms with Gasteiger partial charge in [0.2, 0.25) is 11.6 Å². The number of fused-ring (bicyclic) bond motifs is 3. The fraction of sp³-hybridized carbons (Fsp3) is 0.286. The van der Waals surface area contributed by atoms with Crippen LogP contribution in [0.25, 0.3) is 6.08 Å². The first-order valence-electron chi connectivity index (χ1n) is 9.93. The highest BCUT2D eigenvalue weighted by Crippen LogP contribution is 2.52. The molecule has 3 aliphatic rings. The molecule has 0 spiro atoms. The van der Waals surface area contributed by atoms with E-state index >= 15 is 0 Å². The normalized spacial score (nSPS) is 25.9. The summed E-state index contributed by atoms with van der Waals surface area (Å²) in [6.07, 6.45) is 1.21. The number of hydrogen-bond donors (Lipinski definition) is 6. The number of nitrogens with zero attached hydrogens (tertiary/aromatic N) is 1. The van der Waals surface area contributed by atoms with E-state index < -0.39 is 63.4 Å². The number of nitrogens with two attached hydrogens (primary N) is 1. The Labute approximate surface area is 206 Å². The number of carbonyl (C=O) groups is 3. The maximum atomic E-state index is 13.5. The van der Waals surface area contributed by atoms with Gasteiger partial charge in [-0.25, -0.2) is 5.26 Å². The van der Waals surface area contributed by atoms with Crippen molar-refractivity contribution < 1.29 is 49.4 Å². The number of phenols is 1.